The van der Waals surface area contributed by atoms with E-state index in [-0.39, 0.29) is 0 Å². The molecule has 1 fully saturated rings. The molecule has 0 spiro atoms. The average molecular weight is 407 g/mol. The predicted octanol–water partition coefficient (Wildman–Crippen LogP) is 3.12. The van der Waals surface area contributed by atoms with E-state index in [2.05, 4.69) is 20.7 Å². The second-order valence-corrected chi connectivity index (χ2v) is 6.99. The molecule has 27 heavy (non-hydrogen) atoms. The number of nitrogens with zero attached hydrogens (tertiary/aromatic N) is 2. The summed E-state index contributed by atoms with van der Waals surface area (Å²) in [6.07, 6.45) is 2.62. The van der Waals surface area contributed by atoms with Crippen molar-refractivity contribution in [3.05, 3.63) is 47.2 Å². The standard InChI is InChI=1S/C19H23ClN4O2S/c20-16-4-2-15(3-5-16)18-7-6-17(26-18)14-22-23-19(27)21-8-1-9-24-10-12-25-13-11-24/h2-7,14H,1,8-13H2,(H2,21,23,27)/b22-14+. The summed E-state index contributed by atoms with van der Waals surface area (Å²) in [4.78, 5) is 2.40. The molecule has 8 heteroatoms. The van der Waals surface area contributed by atoms with Crippen LogP contribution in [-0.4, -0.2) is 55.6 Å². The Hall–Kier alpha value is -1.93. The van der Waals surface area contributed by atoms with Gasteiger partial charge in [0.15, 0.2) is 5.11 Å². The van der Waals surface area contributed by atoms with Crippen molar-refractivity contribution < 1.29 is 9.15 Å². The second-order valence-electron chi connectivity index (χ2n) is 6.14. The van der Waals surface area contributed by atoms with Crippen molar-refractivity contribution in [2.24, 2.45) is 5.10 Å². The molecule has 0 amide bonds. The molecular formula is C19H23ClN4O2S. The third-order valence-electron chi connectivity index (χ3n) is 4.15. The molecule has 1 aliphatic heterocycles. The minimum absolute atomic E-state index is 0.498. The van der Waals surface area contributed by atoms with E-state index in [1.807, 2.05) is 36.4 Å². The van der Waals surface area contributed by atoms with Crippen LogP contribution in [0.25, 0.3) is 11.3 Å². The number of nitrogens with one attached hydrogen (secondary N) is 2. The van der Waals surface area contributed by atoms with Gasteiger partial charge in [-0.3, -0.25) is 10.3 Å². The molecule has 0 bridgehead atoms. The van der Waals surface area contributed by atoms with E-state index in [9.17, 15) is 0 Å². The minimum Gasteiger partial charge on any atom is -0.455 e. The summed E-state index contributed by atoms with van der Waals surface area (Å²) in [5.74, 6) is 1.40. The predicted molar refractivity (Wildman–Crippen MR) is 112 cm³/mol. The first kappa shape index (κ1) is 19.8. The van der Waals surface area contributed by atoms with Crippen LogP contribution in [0.1, 0.15) is 12.2 Å². The zero-order valence-corrected chi connectivity index (χ0v) is 16.6. The van der Waals surface area contributed by atoms with Gasteiger partial charge in [-0.2, -0.15) is 5.10 Å². The maximum absolute atomic E-state index is 5.90. The van der Waals surface area contributed by atoms with Crippen molar-refractivity contribution in [2.45, 2.75) is 6.42 Å². The Labute approximate surface area is 169 Å². The van der Waals surface area contributed by atoms with Crippen molar-refractivity contribution in [2.75, 3.05) is 39.4 Å². The molecule has 1 aliphatic rings. The Morgan fingerprint density at radius 2 is 1.96 bits per heavy atom. The molecule has 144 valence electrons. The number of hydrogen-bond donors (Lipinski definition) is 2. The number of benzene rings is 1. The van der Waals surface area contributed by atoms with E-state index < -0.39 is 0 Å². The SMILES string of the molecule is S=C(NCCCN1CCOCC1)N/N=C/c1ccc(-c2ccc(Cl)cc2)o1. The Balaban J connectivity index is 1.36. The van der Waals surface area contributed by atoms with Crippen molar-refractivity contribution in [3.8, 4) is 11.3 Å². The number of furan rings is 1. The van der Waals surface area contributed by atoms with Crippen molar-refractivity contribution in [1.82, 2.24) is 15.6 Å². The summed E-state index contributed by atoms with van der Waals surface area (Å²) in [5, 5.41) is 8.46. The molecule has 1 aromatic heterocycles. The van der Waals surface area contributed by atoms with Crippen LogP contribution in [0.15, 0.2) is 45.9 Å². The van der Waals surface area contributed by atoms with Gasteiger partial charge in [0.1, 0.15) is 11.5 Å². The van der Waals surface area contributed by atoms with Gasteiger partial charge in [0.05, 0.1) is 19.4 Å². The fourth-order valence-corrected chi connectivity index (χ4v) is 3.00. The molecular weight excluding hydrogens is 384 g/mol. The number of halogens is 1. The number of rotatable bonds is 7. The Kier molecular flexibility index (Phi) is 7.65. The third kappa shape index (κ3) is 6.62. The number of thiocarbonyl (C=S) groups is 1. The fourth-order valence-electron chi connectivity index (χ4n) is 2.71. The molecule has 0 radical (unpaired) electrons. The van der Waals surface area contributed by atoms with Gasteiger partial charge in [-0.05, 0) is 61.6 Å². The first-order valence-electron chi connectivity index (χ1n) is 8.93. The van der Waals surface area contributed by atoms with Crippen LogP contribution in [-0.2, 0) is 4.74 Å². The van der Waals surface area contributed by atoms with Gasteiger partial charge in [-0.15, -0.1) is 0 Å². The molecule has 2 aromatic rings. The quantitative estimate of drug-likeness (QED) is 0.319. The highest BCUT2D eigenvalue weighted by Crippen LogP contribution is 2.23. The minimum atomic E-state index is 0.498. The van der Waals surface area contributed by atoms with Gasteiger partial charge in [-0.1, -0.05) is 11.6 Å². The largest absolute Gasteiger partial charge is 0.455 e. The smallest absolute Gasteiger partial charge is 0.186 e. The van der Waals surface area contributed by atoms with E-state index in [1.54, 1.807) is 6.21 Å². The fraction of sp³-hybridized carbons (Fsp3) is 0.368. The molecule has 1 saturated heterocycles. The van der Waals surface area contributed by atoms with Crippen LogP contribution in [0.3, 0.4) is 0 Å². The van der Waals surface area contributed by atoms with Gasteiger partial charge in [-0.25, -0.2) is 0 Å². The Bertz CT molecular complexity index is 757. The van der Waals surface area contributed by atoms with Crippen LogP contribution < -0.4 is 10.7 Å². The van der Waals surface area contributed by atoms with Crippen LogP contribution in [0.4, 0.5) is 0 Å². The molecule has 3 rings (SSSR count). The lowest BCUT2D eigenvalue weighted by molar-refractivity contribution is 0.0376. The number of hydrazone groups is 1. The van der Waals surface area contributed by atoms with Crippen LogP contribution >= 0.6 is 23.8 Å². The lowest BCUT2D eigenvalue weighted by atomic mass is 10.2. The lowest BCUT2D eigenvalue weighted by Crippen LogP contribution is -2.39. The lowest BCUT2D eigenvalue weighted by Gasteiger charge is -2.26. The molecule has 2 N–H and O–H groups in total. The molecule has 0 atom stereocenters. The van der Waals surface area contributed by atoms with Gasteiger partial charge >= 0.3 is 0 Å². The molecule has 2 heterocycles. The first-order chi connectivity index (χ1) is 13.2. The summed E-state index contributed by atoms with van der Waals surface area (Å²) in [5.41, 5.74) is 3.77. The summed E-state index contributed by atoms with van der Waals surface area (Å²) >= 11 is 11.1. The number of hydrogen-bond acceptors (Lipinski definition) is 5. The van der Waals surface area contributed by atoms with E-state index >= 15 is 0 Å². The molecule has 0 aliphatic carbocycles. The zero-order valence-electron chi connectivity index (χ0n) is 15.0. The summed E-state index contributed by atoms with van der Waals surface area (Å²) in [7, 11) is 0. The van der Waals surface area contributed by atoms with Crippen molar-refractivity contribution in [1.29, 1.82) is 0 Å². The normalized spacial score (nSPS) is 15.1. The molecule has 6 nitrogen and oxygen atoms in total. The van der Waals surface area contributed by atoms with E-state index in [1.165, 1.54) is 0 Å². The molecule has 0 saturated carbocycles. The monoisotopic (exact) mass is 406 g/mol. The highest BCUT2D eigenvalue weighted by Gasteiger charge is 2.09. The topological polar surface area (TPSA) is 62.0 Å². The van der Waals surface area contributed by atoms with E-state index in [4.69, 9.17) is 33.0 Å². The van der Waals surface area contributed by atoms with Gasteiger partial charge in [0.2, 0.25) is 0 Å². The zero-order chi connectivity index (χ0) is 18.9. The van der Waals surface area contributed by atoms with E-state index in [0.29, 0.717) is 15.9 Å². The Morgan fingerprint density at radius 3 is 2.74 bits per heavy atom. The highest BCUT2D eigenvalue weighted by molar-refractivity contribution is 7.80. The van der Waals surface area contributed by atoms with E-state index in [0.717, 1.165) is 57.1 Å². The van der Waals surface area contributed by atoms with Crippen LogP contribution in [0, 0.1) is 0 Å². The van der Waals surface area contributed by atoms with Gasteiger partial charge in [0.25, 0.3) is 0 Å². The van der Waals surface area contributed by atoms with Crippen LogP contribution in [0.5, 0.6) is 0 Å². The van der Waals surface area contributed by atoms with Gasteiger partial charge < -0.3 is 14.5 Å². The Morgan fingerprint density at radius 1 is 1.19 bits per heavy atom. The summed E-state index contributed by atoms with van der Waals surface area (Å²) in [6, 6.07) is 11.2. The van der Waals surface area contributed by atoms with Gasteiger partial charge in [0, 0.05) is 30.2 Å². The average Bonchev–Trinajstić information content (AvgIpc) is 3.15. The number of morpholine rings is 1. The van der Waals surface area contributed by atoms with Crippen molar-refractivity contribution >= 4 is 35.1 Å². The molecule has 0 unspecified atom stereocenters. The molecule has 1 aromatic carbocycles. The first-order valence-corrected chi connectivity index (χ1v) is 9.72. The third-order valence-corrected chi connectivity index (χ3v) is 4.64. The summed E-state index contributed by atoms with van der Waals surface area (Å²) < 4.78 is 11.1. The second kappa shape index (κ2) is 10.4. The number of ether oxygens (including phenoxy) is 1. The van der Waals surface area contributed by atoms with Crippen molar-refractivity contribution in [3.63, 3.8) is 0 Å². The van der Waals surface area contributed by atoms with Crippen LogP contribution in [0.2, 0.25) is 5.02 Å². The highest BCUT2D eigenvalue weighted by atomic mass is 35.5. The summed E-state index contributed by atoms with van der Waals surface area (Å²) in [6.45, 7) is 5.52. The maximum Gasteiger partial charge on any atom is 0.186 e. The maximum atomic E-state index is 5.90.